The summed E-state index contributed by atoms with van der Waals surface area (Å²) in [6, 6.07) is 7.70. The molecular formula is C13H16N4O3S. The second-order valence-corrected chi connectivity index (χ2v) is 6.59. The van der Waals surface area contributed by atoms with E-state index in [-0.39, 0.29) is 6.42 Å². The number of carbonyl (C=O) groups is 1. The van der Waals surface area contributed by atoms with Crippen molar-refractivity contribution in [3.63, 3.8) is 0 Å². The third-order valence-corrected chi connectivity index (χ3v) is 3.49. The molecular weight excluding hydrogens is 292 g/mol. The Morgan fingerprint density at radius 1 is 1.24 bits per heavy atom. The molecule has 1 aromatic carbocycles. The number of aryl methyl sites for hydroxylation is 1. The monoisotopic (exact) mass is 308 g/mol. The van der Waals surface area contributed by atoms with Crippen molar-refractivity contribution in [2.75, 3.05) is 6.26 Å². The number of sulfonamides is 1. The van der Waals surface area contributed by atoms with Crippen LogP contribution in [0.5, 0.6) is 0 Å². The van der Waals surface area contributed by atoms with E-state index in [0.717, 1.165) is 17.5 Å². The molecule has 112 valence electrons. The number of benzene rings is 1. The van der Waals surface area contributed by atoms with Gasteiger partial charge in [-0.1, -0.05) is 22.9 Å². The first-order valence-corrected chi connectivity index (χ1v) is 8.14. The second kappa shape index (κ2) is 5.65. The zero-order valence-corrected chi connectivity index (χ0v) is 12.8. The van der Waals surface area contributed by atoms with Crippen LogP contribution in [-0.2, 0) is 21.2 Å². The van der Waals surface area contributed by atoms with E-state index < -0.39 is 15.9 Å². The Hall–Kier alpha value is -2.22. The lowest BCUT2D eigenvalue weighted by molar-refractivity contribution is -0.118. The Labute approximate surface area is 123 Å². The van der Waals surface area contributed by atoms with Gasteiger partial charge in [0.25, 0.3) is 0 Å². The Kier molecular flexibility index (Phi) is 4.08. The van der Waals surface area contributed by atoms with Gasteiger partial charge in [-0.25, -0.2) is 13.1 Å². The molecule has 0 bridgehead atoms. The summed E-state index contributed by atoms with van der Waals surface area (Å²) in [5.41, 5.74) is 3.10. The summed E-state index contributed by atoms with van der Waals surface area (Å²) in [4.78, 5) is 11.6. The van der Waals surface area contributed by atoms with Gasteiger partial charge >= 0.3 is 0 Å². The molecule has 0 unspecified atom stereocenters. The normalized spacial score (nSPS) is 11.4. The molecule has 7 nitrogen and oxygen atoms in total. The Morgan fingerprint density at radius 2 is 1.86 bits per heavy atom. The number of rotatable bonds is 4. The summed E-state index contributed by atoms with van der Waals surface area (Å²) in [7, 11) is -3.56. The quantitative estimate of drug-likeness (QED) is 0.888. The van der Waals surface area contributed by atoms with Gasteiger partial charge in [0.15, 0.2) is 0 Å². The molecule has 0 aliphatic rings. The van der Waals surface area contributed by atoms with Crippen LogP contribution < -0.4 is 4.72 Å². The number of aromatic nitrogens is 3. The Morgan fingerprint density at radius 3 is 2.43 bits per heavy atom. The molecule has 1 N–H and O–H groups in total. The van der Waals surface area contributed by atoms with E-state index >= 15 is 0 Å². The van der Waals surface area contributed by atoms with Gasteiger partial charge in [0, 0.05) is 0 Å². The highest BCUT2D eigenvalue weighted by atomic mass is 32.2. The largest absolute Gasteiger partial charge is 0.274 e. The molecule has 21 heavy (non-hydrogen) atoms. The number of amides is 1. The van der Waals surface area contributed by atoms with E-state index in [1.165, 1.54) is 0 Å². The first kappa shape index (κ1) is 15.2. The summed E-state index contributed by atoms with van der Waals surface area (Å²) in [5.74, 6) is -0.628. The van der Waals surface area contributed by atoms with E-state index in [0.29, 0.717) is 11.4 Å². The van der Waals surface area contributed by atoms with Gasteiger partial charge in [-0.15, -0.1) is 5.10 Å². The van der Waals surface area contributed by atoms with Crippen molar-refractivity contribution in [2.45, 2.75) is 20.3 Å². The fourth-order valence-electron chi connectivity index (χ4n) is 1.85. The highest BCUT2D eigenvalue weighted by Gasteiger charge is 2.15. The van der Waals surface area contributed by atoms with Crippen LogP contribution in [0.1, 0.15) is 17.0 Å². The SMILES string of the molecule is Cc1ccc(-n2nnc(CC(=O)NS(C)(=O)=O)c2C)cc1. The van der Waals surface area contributed by atoms with E-state index in [4.69, 9.17) is 0 Å². The highest BCUT2D eigenvalue weighted by Crippen LogP contribution is 2.13. The van der Waals surface area contributed by atoms with E-state index in [1.807, 2.05) is 35.9 Å². The lowest BCUT2D eigenvalue weighted by atomic mass is 10.2. The third kappa shape index (κ3) is 3.88. The maximum absolute atomic E-state index is 11.6. The minimum Gasteiger partial charge on any atom is -0.274 e. The maximum atomic E-state index is 11.6. The summed E-state index contributed by atoms with van der Waals surface area (Å²) in [6.07, 6.45) is 0.797. The van der Waals surface area contributed by atoms with Gasteiger partial charge in [0.1, 0.15) is 0 Å². The van der Waals surface area contributed by atoms with Crippen LogP contribution in [0.4, 0.5) is 0 Å². The van der Waals surface area contributed by atoms with Crippen molar-refractivity contribution in [3.8, 4) is 5.69 Å². The Balaban J connectivity index is 2.21. The van der Waals surface area contributed by atoms with Crippen LogP contribution in [0.15, 0.2) is 24.3 Å². The molecule has 8 heteroatoms. The fourth-order valence-corrected chi connectivity index (χ4v) is 2.34. The van der Waals surface area contributed by atoms with Crippen LogP contribution in [0, 0.1) is 13.8 Å². The zero-order chi connectivity index (χ0) is 15.6. The topological polar surface area (TPSA) is 93.9 Å². The first-order valence-electron chi connectivity index (χ1n) is 6.25. The van der Waals surface area contributed by atoms with Crippen molar-refractivity contribution >= 4 is 15.9 Å². The van der Waals surface area contributed by atoms with Crippen LogP contribution in [-0.4, -0.2) is 35.6 Å². The molecule has 2 rings (SSSR count). The lowest BCUT2D eigenvalue weighted by Gasteiger charge is -2.04. The maximum Gasteiger partial charge on any atom is 0.239 e. The number of nitrogens with one attached hydrogen (secondary N) is 1. The summed E-state index contributed by atoms with van der Waals surface area (Å²) < 4.78 is 25.5. The van der Waals surface area contributed by atoms with Crippen molar-refractivity contribution in [2.24, 2.45) is 0 Å². The average Bonchev–Trinajstić information content (AvgIpc) is 2.70. The second-order valence-electron chi connectivity index (χ2n) is 4.84. The number of hydrogen-bond donors (Lipinski definition) is 1. The molecule has 0 atom stereocenters. The fraction of sp³-hybridized carbons (Fsp3) is 0.308. The Bertz CT molecular complexity index is 763. The molecule has 0 radical (unpaired) electrons. The molecule has 0 aliphatic heterocycles. The number of nitrogens with zero attached hydrogens (tertiary/aromatic N) is 3. The van der Waals surface area contributed by atoms with Crippen molar-refractivity contribution in [3.05, 3.63) is 41.2 Å². The summed E-state index contributed by atoms with van der Waals surface area (Å²) in [5, 5.41) is 7.94. The van der Waals surface area contributed by atoms with Gasteiger partial charge < -0.3 is 0 Å². The smallest absolute Gasteiger partial charge is 0.239 e. The predicted molar refractivity (Wildman–Crippen MR) is 77.5 cm³/mol. The molecule has 0 saturated heterocycles. The molecule has 0 spiro atoms. The molecule has 0 saturated carbocycles. The number of hydrogen-bond acceptors (Lipinski definition) is 5. The summed E-state index contributed by atoms with van der Waals surface area (Å²) >= 11 is 0. The number of carbonyl (C=O) groups excluding carboxylic acids is 1. The third-order valence-electron chi connectivity index (χ3n) is 2.90. The molecule has 1 amide bonds. The van der Waals surface area contributed by atoms with Crippen LogP contribution in [0.2, 0.25) is 0 Å². The minimum atomic E-state index is -3.56. The van der Waals surface area contributed by atoms with Crippen LogP contribution >= 0.6 is 0 Å². The molecule has 1 aromatic heterocycles. The van der Waals surface area contributed by atoms with Crippen molar-refractivity contribution in [1.82, 2.24) is 19.7 Å². The van der Waals surface area contributed by atoms with Gasteiger partial charge in [0.2, 0.25) is 15.9 Å². The zero-order valence-electron chi connectivity index (χ0n) is 12.0. The van der Waals surface area contributed by atoms with Crippen molar-refractivity contribution in [1.29, 1.82) is 0 Å². The van der Waals surface area contributed by atoms with Crippen LogP contribution in [0.25, 0.3) is 5.69 Å². The molecule has 1 heterocycles. The van der Waals surface area contributed by atoms with E-state index in [1.54, 1.807) is 11.6 Å². The van der Waals surface area contributed by atoms with E-state index in [2.05, 4.69) is 10.3 Å². The molecule has 2 aromatic rings. The average molecular weight is 308 g/mol. The molecule has 0 aliphatic carbocycles. The van der Waals surface area contributed by atoms with Gasteiger partial charge in [-0.2, -0.15) is 0 Å². The molecule has 0 fully saturated rings. The van der Waals surface area contributed by atoms with E-state index in [9.17, 15) is 13.2 Å². The lowest BCUT2D eigenvalue weighted by Crippen LogP contribution is -2.30. The van der Waals surface area contributed by atoms with Gasteiger partial charge in [0.05, 0.1) is 29.8 Å². The summed E-state index contributed by atoms with van der Waals surface area (Å²) in [6.45, 7) is 3.77. The minimum absolute atomic E-state index is 0.134. The standard InChI is InChI=1S/C13H16N4O3S/c1-9-4-6-11(7-5-9)17-10(2)12(14-16-17)8-13(18)15-21(3,19)20/h4-7H,8H2,1-3H3,(H,15,18). The predicted octanol–water partition coefficient (Wildman–Crippen LogP) is 0.502. The van der Waals surface area contributed by atoms with Gasteiger partial charge in [-0.05, 0) is 26.0 Å². The van der Waals surface area contributed by atoms with Gasteiger partial charge in [-0.3, -0.25) is 9.52 Å². The van der Waals surface area contributed by atoms with Crippen molar-refractivity contribution < 1.29 is 13.2 Å². The highest BCUT2D eigenvalue weighted by molar-refractivity contribution is 7.89. The van der Waals surface area contributed by atoms with Crippen LogP contribution in [0.3, 0.4) is 0 Å². The first-order chi connectivity index (χ1) is 9.76.